The first-order valence-electron chi connectivity index (χ1n) is 8.75. The molecule has 0 unspecified atom stereocenters. The molecule has 0 saturated heterocycles. The summed E-state index contributed by atoms with van der Waals surface area (Å²) < 4.78 is 2.13. The molecule has 0 atom stereocenters. The van der Waals surface area contributed by atoms with Crippen LogP contribution in [0.25, 0.3) is 0 Å². The Hall–Kier alpha value is -2.15. The minimum atomic E-state index is -0.458. The molecule has 0 spiro atoms. The summed E-state index contributed by atoms with van der Waals surface area (Å²) in [4.78, 5) is 24.5. The second kappa shape index (κ2) is 7.23. The Morgan fingerprint density at radius 1 is 1.19 bits per heavy atom. The number of ketones is 1. The van der Waals surface area contributed by atoms with Gasteiger partial charge in [0, 0.05) is 22.7 Å². The van der Waals surface area contributed by atoms with E-state index in [0.717, 1.165) is 23.8 Å². The van der Waals surface area contributed by atoms with Crippen LogP contribution in [0.4, 0.5) is 5.69 Å². The predicted octanol–water partition coefficient (Wildman–Crippen LogP) is 3.88. The number of carbonyl (C=O) groups excluding carboxylic acids is 2. The van der Waals surface area contributed by atoms with Gasteiger partial charge in [-0.3, -0.25) is 9.59 Å². The van der Waals surface area contributed by atoms with E-state index in [2.05, 4.69) is 20.1 Å². The van der Waals surface area contributed by atoms with Crippen LogP contribution in [-0.2, 0) is 4.79 Å². The Bertz CT molecular complexity index is 817. The predicted molar refractivity (Wildman–Crippen MR) is 103 cm³/mol. The standard InChI is InChI=1S/C19H24N4O2S/c1-12-21-22-18(23(12)15-9-10-15)26-11-16(24)13-5-7-14(8-6-13)20-17(25)19(2,3)4/h5-8,15H,9-11H2,1-4H3,(H,20,25). The van der Waals surface area contributed by atoms with Gasteiger partial charge in [-0.05, 0) is 44.0 Å². The zero-order valence-electron chi connectivity index (χ0n) is 15.6. The van der Waals surface area contributed by atoms with Gasteiger partial charge in [0.05, 0.1) is 5.75 Å². The van der Waals surface area contributed by atoms with E-state index in [1.54, 1.807) is 24.3 Å². The van der Waals surface area contributed by atoms with Crippen LogP contribution in [0, 0.1) is 12.3 Å². The number of hydrogen-bond acceptors (Lipinski definition) is 5. The summed E-state index contributed by atoms with van der Waals surface area (Å²) >= 11 is 1.43. The number of amides is 1. The largest absolute Gasteiger partial charge is 0.326 e. The molecule has 3 rings (SSSR count). The summed E-state index contributed by atoms with van der Waals surface area (Å²) in [7, 11) is 0. The van der Waals surface area contributed by atoms with Crippen LogP contribution in [0.1, 0.15) is 55.8 Å². The molecule has 1 aromatic heterocycles. The molecule has 2 aromatic rings. The highest BCUT2D eigenvalue weighted by molar-refractivity contribution is 7.99. The number of nitrogens with one attached hydrogen (secondary N) is 1. The second-order valence-corrected chi connectivity index (χ2v) is 8.57. The van der Waals surface area contributed by atoms with Crippen molar-refractivity contribution in [2.45, 2.75) is 51.7 Å². The Morgan fingerprint density at radius 3 is 2.42 bits per heavy atom. The number of nitrogens with zero attached hydrogens (tertiary/aromatic N) is 3. The van der Waals surface area contributed by atoms with E-state index in [1.165, 1.54) is 11.8 Å². The Morgan fingerprint density at radius 2 is 1.85 bits per heavy atom. The summed E-state index contributed by atoms with van der Waals surface area (Å²) in [5.41, 5.74) is 0.861. The van der Waals surface area contributed by atoms with E-state index in [-0.39, 0.29) is 11.7 Å². The molecule has 0 aliphatic heterocycles. The summed E-state index contributed by atoms with van der Waals surface area (Å²) in [6, 6.07) is 7.51. The van der Waals surface area contributed by atoms with Gasteiger partial charge < -0.3 is 9.88 Å². The molecule has 6 nitrogen and oxygen atoms in total. The maximum Gasteiger partial charge on any atom is 0.229 e. The zero-order valence-corrected chi connectivity index (χ0v) is 16.4. The molecule has 1 aromatic carbocycles. The van der Waals surface area contributed by atoms with Crippen LogP contribution < -0.4 is 5.32 Å². The Kier molecular flexibility index (Phi) is 5.18. The molecule has 0 bridgehead atoms. The molecular formula is C19H24N4O2S. The highest BCUT2D eigenvalue weighted by Crippen LogP contribution is 2.38. The first kappa shape index (κ1) is 18.6. The highest BCUT2D eigenvalue weighted by atomic mass is 32.2. The lowest BCUT2D eigenvalue weighted by Gasteiger charge is -2.17. The van der Waals surface area contributed by atoms with Gasteiger partial charge in [-0.15, -0.1) is 10.2 Å². The van der Waals surface area contributed by atoms with Gasteiger partial charge in [0.1, 0.15) is 5.82 Å². The smallest absolute Gasteiger partial charge is 0.229 e. The van der Waals surface area contributed by atoms with E-state index in [4.69, 9.17) is 0 Å². The molecule has 1 saturated carbocycles. The molecule has 7 heteroatoms. The quantitative estimate of drug-likeness (QED) is 0.615. The van der Waals surface area contributed by atoms with Crippen molar-refractivity contribution in [2.24, 2.45) is 5.41 Å². The van der Waals surface area contributed by atoms with Crippen molar-refractivity contribution in [1.29, 1.82) is 0 Å². The number of carbonyl (C=O) groups is 2. The van der Waals surface area contributed by atoms with Crippen molar-refractivity contribution >= 4 is 29.1 Å². The topological polar surface area (TPSA) is 76.9 Å². The van der Waals surface area contributed by atoms with E-state index >= 15 is 0 Å². The number of Topliss-reactive ketones (excluding diaryl/α,β-unsaturated/α-hetero) is 1. The Balaban J connectivity index is 1.59. The minimum absolute atomic E-state index is 0.0340. The first-order chi connectivity index (χ1) is 12.3. The third-order valence-corrected chi connectivity index (χ3v) is 5.17. The monoisotopic (exact) mass is 372 g/mol. The molecule has 1 aliphatic carbocycles. The van der Waals surface area contributed by atoms with Crippen molar-refractivity contribution in [3.05, 3.63) is 35.7 Å². The lowest BCUT2D eigenvalue weighted by atomic mass is 9.95. The fourth-order valence-corrected chi connectivity index (χ4v) is 3.42. The van der Waals surface area contributed by atoms with Crippen LogP contribution >= 0.6 is 11.8 Å². The molecule has 26 heavy (non-hydrogen) atoms. The molecular weight excluding hydrogens is 348 g/mol. The first-order valence-corrected chi connectivity index (χ1v) is 9.73. The molecule has 138 valence electrons. The van der Waals surface area contributed by atoms with Gasteiger partial charge >= 0.3 is 0 Å². The van der Waals surface area contributed by atoms with E-state index in [9.17, 15) is 9.59 Å². The van der Waals surface area contributed by atoms with Gasteiger partial charge in [-0.1, -0.05) is 32.5 Å². The summed E-state index contributed by atoms with van der Waals surface area (Å²) in [5.74, 6) is 1.20. The third-order valence-electron chi connectivity index (χ3n) is 4.23. The van der Waals surface area contributed by atoms with Crippen LogP contribution in [0.2, 0.25) is 0 Å². The van der Waals surface area contributed by atoms with Gasteiger partial charge in [-0.25, -0.2) is 0 Å². The van der Waals surface area contributed by atoms with Crippen molar-refractivity contribution in [1.82, 2.24) is 14.8 Å². The van der Waals surface area contributed by atoms with Gasteiger partial charge in [0.2, 0.25) is 5.91 Å². The number of thioether (sulfide) groups is 1. The van der Waals surface area contributed by atoms with Crippen molar-refractivity contribution in [3.63, 3.8) is 0 Å². The summed E-state index contributed by atoms with van der Waals surface area (Å²) in [5, 5.41) is 12.0. The fourth-order valence-electron chi connectivity index (χ4n) is 2.47. The van der Waals surface area contributed by atoms with E-state index < -0.39 is 5.41 Å². The maximum atomic E-state index is 12.4. The number of anilines is 1. The average molecular weight is 372 g/mol. The summed E-state index contributed by atoms with van der Waals surface area (Å²) in [6.45, 7) is 7.53. The molecule has 1 heterocycles. The van der Waals surface area contributed by atoms with Crippen LogP contribution in [-0.4, -0.2) is 32.2 Å². The van der Waals surface area contributed by atoms with E-state index in [1.807, 2.05) is 27.7 Å². The maximum absolute atomic E-state index is 12.4. The van der Waals surface area contributed by atoms with Crippen LogP contribution in [0.5, 0.6) is 0 Å². The van der Waals surface area contributed by atoms with E-state index in [0.29, 0.717) is 23.0 Å². The van der Waals surface area contributed by atoms with Gasteiger partial charge in [-0.2, -0.15) is 0 Å². The van der Waals surface area contributed by atoms with Crippen molar-refractivity contribution < 1.29 is 9.59 Å². The second-order valence-electron chi connectivity index (χ2n) is 7.62. The number of aryl methyl sites for hydroxylation is 1. The van der Waals surface area contributed by atoms with Crippen molar-refractivity contribution in [3.8, 4) is 0 Å². The van der Waals surface area contributed by atoms with Gasteiger partial charge in [0.15, 0.2) is 10.9 Å². The number of hydrogen-bond donors (Lipinski definition) is 1. The lowest BCUT2D eigenvalue weighted by Crippen LogP contribution is -2.27. The van der Waals surface area contributed by atoms with Crippen LogP contribution in [0.3, 0.4) is 0 Å². The molecule has 1 amide bonds. The minimum Gasteiger partial charge on any atom is -0.326 e. The Labute approximate surface area is 157 Å². The number of benzene rings is 1. The number of aromatic nitrogens is 3. The molecule has 1 fully saturated rings. The SMILES string of the molecule is Cc1nnc(SCC(=O)c2ccc(NC(=O)C(C)(C)C)cc2)n1C1CC1. The molecule has 0 radical (unpaired) electrons. The molecule has 1 N–H and O–H groups in total. The average Bonchev–Trinajstić information content (AvgIpc) is 3.35. The zero-order chi connectivity index (χ0) is 18.9. The highest BCUT2D eigenvalue weighted by Gasteiger charge is 2.28. The van der Waals surface area contributed by atoms with Crippen molar-refractivity contribution in [2.75, 3.05) is 11.1 Å². The third kappa shape index (κ3) is 4.33. The number of rotatable bonds is 6. The van der Waals surface area contributed by atoms with Gasteiger partial charge in [0.25, 0.3) is 0 Å². The lowest BCUT2D eigenvalue weighted by molar-refractivity contribution is -0.123. The molecule has 1 aliphatic rings. The fraction of sp³-hybridized carbons (Fsp3) is 0.474. The normalized spacial score (nSPS) is 14.3. The summed E-state index contributed by atoms with van der Waals surface area (Å²) in [6.07, 6.45) is 2.31. The van der Waals surface area contributed by atoms with Crippen LogP contribution in [0.15, 0.2) is 29.4 Å².